The summed E-state index contributed by atoms with van der Waals surface area (Å²) in [6.07, 6.45) is 6.85. The molecule has 0 saturated carbocycles. The van der Waals surface area contributed by atoms with Crippen molar-refractivity contribution < 1.29 is 14.3 Å². The number of benzene rings is 1. The summed E-state index contributed by atoms with van der Waals surface area (Å²) in [6, 6.07) is 6.79. The summed E-state index contributed by atoms with van der Waals surface area (Å²) in [5.74, 6) is 0.296. The average molecular weight is 388 g/mol. The van der Waals surface area contributed by atoms with E-state index in [4.69, 9.17) is 4.74 Å². The molecule has 1 aliphatic heterocycles. The second-order valence-electron chi connectivity index (χ2n) is 7.91. The lowest BCUT2D eigenvalue weighted by atomic mass is 9.98. The maximum atomic E-state index is 12.4. The Kier molecular flexibility index (Phi) is 8.05. The number of hydrogen-bond donors (Lipinski definition) is 2. The van der Waals surface area contributed by atoms with Gasteiger partial charge in [0.25, 0.3) is 0 Å². The van der Waals surface area contributed by atoms with Crippen LogP contribution in [0.25, 0.3) is 6.08 Å². The third-order valence-electron chi connectivity index (χ3n) is 5.20. The summed E-state index contributed by atoms with van der Waals surface area (Å²) in [7, 11) is 1.61. The fraction of sp³-hybridized carbons (Fsp3) is 0.545. The largest absolute Gasteiger partial charge is 0.497 e. The summed E-state index contributed by atoms with van der Waals surface area (Å²) in [6.45, 7) is 8.71. The van der Waals surface area contributed by atoms with Crippen LogP contribution in [0.15, 0.2) is 30.3 Å². The van der Waals surface area contributed by atoms with Crippen LogP contribution in [0, 0.1) is 0 Å². The normalized spacial score (nSPS) is 16.6. The van der Waals surface area contributed by atoms with E-state index in [9.17, 15) is 9.59 Å². The highest BCUT2D eigenvalue weighted by atomic mass is 16.5. The Morgan fingerprint density at radius 1 is 1.18 bits per heavy atom. The highest BCUT2D eigenvalue weighted by Gasteiger charge is 2.28. The zero-order valence-electron chi connectivity index (χ0n) is 17.5. The van der Waals surface area contributed by atoms with Crippen molar-refractivity contribution in [2.24, 2.45) is 0 Å². The van der Waals surface area contributed by atoms with Gasteiger partial charge in [0.2, 0.25) is 11.8 Å². The Bertz CT molecular complexity index is 677. The number of hydrogen-bond acceptors (Lipinski definition) is 4. The number of carbonyl (C=O) groups is 2. The molecule has 1 heterocycles. The van der Waals surface area contributed by atoms with Gasteiger partial charge < -0.3 is 15.4 Å². The Labute approximate surface area is 168 Å². The molecule has 1 saturated heterocycles. The molecule has 1 aliphatic rings. The molecule has 1 aromatic rings. The number of carbonyl (C=O) groups excluding carboxylic acids is 2. The Morgan fingerprint density at radius 2 is 1.82 bits per heavy atom. The number of nitrogens with one attached hydrogen (secondary N) is 2. The maximum absolute atomic E-state index is 12.4. The number of methoxy groups -OCH3 is 1. The number of piperidine rings is 1. The van der Waals surface area contributed by atoms with Gasteiger partial charge in [-0.3, -0.25) is 14.5 Å². The van der Waals surface area contributed by atoms with E-state index >= 15 is 0 Å². The van der Waals surface area contributed by atoms with Crippen molar-refractivity contribution in [2.45, 2.75) is 51.6 Å². The van der Waals surface area contributed by atoms with Crippen molar-refractivity contribution >= 4 is 17.9 Å². The Hall–Kier alpha value is -2.34. The molecule has 154 valence electrons. The van der Waals surface area contributed by atoms with Gasteiger partial charge in [-0.15, -0.1) is 0 Å². The zero-order valence-corrected chi connectivity index (χ0v) is 17.5. The van der Waals surface area contributed by atoms with E-state index in [2.05, 4.69) is 29.4 Å². The molecule has 6 heteroatoms. The van der Waals surface area contributed by atoms with Gasteiger partial charge in [-0.05, 0) is 70.5 Å². The summed E-state index contributed by atoms with van der Waals surface area (Å²) in [5.41, 5.74) is 0.796. The second-order valence-corrected chi connectivity index (χ2v) is 7.91. The van der Waals surface area contributed by atoms with Gasteiger partial charge >= 0.3 is 0 Å². The SMILES string of the molecule is COc1ccc(/C=C/C(=O)NC(C)C(=O)NCC(C)(C)N2CCCCC2)cc1. The third-order valence-corrected chi connectivity index (χ3v) is 5.20. The minimum absolute atomic E-state index is 0.0892. The van der Waals surface area contributed by atoms with E-state index in [1.807, 2.05) is 24.3 Å². The summed E-state index contributed by atoms with van der Waals surface area (Å²) >= 11 is 0. The molecule has 0 bridgehead atoms. The average Bonchev–Trinajstić information content (AvgIpc) is 2.71. The lowest BCUT2D eigenvalue weighted by molar-refractivity contribution is -0.127. The molecule has 0 aliphatic carbocycles. The minimum Gasteiger partial charge on any atom is -0.497 e. The molecule has 2 amide bonds. The van der Waals surface area contributed by atoms with E-state index in [1.54, 1.807) is 20.1 Å². The van der Waals surface area contributed by atoms with E-state index in [0.717, 1.165) is 24.4 Å². The third kappa shape index (κ3) is 6.68. The lowest BCUT2D eigenvalue weighted by Gasteiger charge is -2.41. The molecule has 1 aromatic carbocycles. The van der Waals surface area contributed by atoms with E-state index in [-0.39, 0.29) is 17.4 Å². The number of amides is 2. The first kappa shape index (κ1) is 22.0. The van der Waals surface area contributed by atoms with Gasteiger partial charge in [0, 0.05) is 18.2 Å². The van der Waals surface area contributed by atoms with Gasteiger partial charge in [0.1, 0.15) is 11.8 Å². The summed E-state index contributed by atoms with van der Waals surface area (Å²) in [5, 5.41) is 5.69. The van der Waals surface area contributed by atoms with Gasteiger partial charge in [0.15, 0.2) is 0 Å². The van der Waals surface area contributed by atoms with Crippen molar-refractivity contribution in [2.75, 3.05) is 26.7 Å². The van der Waals surface area contributed by atoms with E-state index in [1.165, 1.54) is 25.3 Å². The van der Waals surface area contributed by atoms with Crippen LogP contribution < -0.4 is 15.4 Å². The maximum Gasteiger partial charge on any atom is 0.244 e. The molecular formula is C22H33N3O3. The first-order chi connectivity index (χ1) is 13.3. The first-order valence-electron chi connectivity index (χ1n) is 9.97. The minimum atomic E-state index is -0.592. The van der Waals surface area contributed by atoms with Crippen molar-refractivity contribution in [1.29, 1.82) is 0 Å². The van der Waals surface area contributed by atoms with Crippen LogP contribution in [0.5, 0.6) is 5.75 Å². The predicted octanol–water partition coefficient (Wildman–Crippen LogP) is 2.59. The number of likely N-dealkylation sites (tertiary alicyclic amines) is 1. The van der Waals surface area contributed by atoms with Crippen molar-refractivity contribution in [1.82, 2.24) is 15.5 Å². The van der Waals surface area contributed by atoms with Gasteiger partial charge in [0.05, 0.1) is 7.11 Å². The van der Waals surface area contributed by atoms with Gasteiger partial charge in [-0.2, -0.15) is 0 Å². The van der Waals surface area contributed by atoms with Crippen LogP contribution in [-0.2, 0) is 9.59 Å². The molecule has 28 heavy (non-hydrogen) atoms. The molecule has 1 atom stereocenters. The quantitative estimate of drug-likeness (QED) is 0.673. The topological polar surface area (TPSA) is 70.7 Å². The smallest absolute Gasteiger partial charge is 0.244 e. The first-order valence-corrected chi connectivity index (χ1v) is 9.97. The molecule has 2 N–H and O–H groups in total. The predicted molar refractivity (Wildman–Crippen MR) is 112 cm³/mol. The van der Waals surface area contributed by atoms with E-state index in [0.29, 0.717) is 6.54 Å². The van der Waals surface area contributed by atoms with Crippen molar-refractivity contribution in [3.05, 3.63) is 35.9 Å². The standard InChI is InChI=1S/C22H33N3O3/c1-17(21(27)23-16-22(2,3)25-14-6-5-7-15-25)24-20(26)13-10-18-8-11-19(28-4)12-9-18/h8-13,17H,5-7,14-16H2,1-4H3,(H,23,27)(H,24,26)/b13-10+. The van der Waals surface area contributed by atoms with Crippen molar-refractivity contribution in [3.8, 4) is 5.75 Å². The molecular weight excluding hydrogens is 354 g/mol. The molecule has 2 rings (SSSR count). The Balaban J connectivity index is 1.78. The highest BCUT2D eigenvalue weighted by molar-refractivity contribution is 5.95. The van der Waals surface area contributed by atoms with Crippen molar-refractivity contribution in [3.63, 3.8) is 0 Å². The van der Waals surface area contributed by atoms with Crippen LogP contribution in [-0.4, -0.2) is 55.0 Å². The van der Waals surface area contributed by atoms with Crippen LogP contribution >= 0.6 is 0 Å². The second kappa shape index (κ2) is 10.3. The fourth-order valence-corrected chi connectivity index (χ4v) is 3.28. The zero-order chi connectivity index (χ0) is 20.6. The van der Waals surface area contributed by atoms with Crippen LogP contribution in [0.4, 0.5) is 0 Å². The van der Waals surface area contributed by atoms with Crippen LogP contribution in [0.1, 0.15) is 45.6 Å². The molecule has 0 radical (unpaired) electrons. The molecule has 0 aromatic heterocycles. The number of nitrogens with zero attached hydrogens (tertiary/aromatic N) is 1. The monoisotopic (exact) mass is 387 g/mol. The lowest BCUT2D eigenvalue weighted by Crippen LogP contribution is -2.55. The fourth-order valence-electron chi connectivity index (χ4n) is 3.28. The number of ether oxygens (including phenoxy) is 1. The van der Waals surface area contributed by atoms with Crippen LogP contribution in [0.2, 0.25) is 0 Å². The molecule has 1 fully saturated rings. The van der Waals surface area contributed by atoms with Crippen LogP contribution in [0.3, 0.4) is 0 Å². The van der Waals surface area contributed by atoms with Gasteiger partial charge in [-0.25, -0.2) is 0 Å². The summed E-state index contributed by atoms with van der Waals surface area (Å²) < 4.78 is 5.11. The Morgan fingerprint density at radius 3 is 2.43 bits per heavy atom. The highest BCUT2D eigenvalue weighted by Crippen LogP contribution is 2.19. The van der Waals surface area contributed by atoms with E-state index < -0.39 is 6.04 Å². The van der Waals surface area contributed by atoms with Gasteiger partial charge in [-0.1, -0.05) is 18.6 Å². The molecule has 6 nitrogen and oxygen atoms in total. The number of rotatable bonds is 8. The summed E-state index contributed by atoms with van der Waals surface area (Å²) in [4.78, 5) is 26.9. The molecule has 0 spiro atoms. The molecule has 1 unspecified atom stereocenters.